The highest BCUT2D eigenvalue weighted by molar-refractivity contribution is 7.80. The van der Waals surface area contributed by atoms with Gasteiger partial charge in [0.2, 0.25) is 0 Å². The standard InChI is InChI=1S/C11H8F4S/c12-10-8(4-1-2-7-16)5-3-6-9(10)11(13,14)15/h3,5-6,16H,2,7H2. The van der Waals surface area contributed by atoms with Crippen LogP contribution in [0.5, 0.6) is 0 Å². The van der Waals surface area contributed by atoms with Gasteiger partial charge in [-0.3, -0.25) is 0 Å². The van der Waals surface area contributed by atoms with Crippen LogP contribution in [-0.2, 0) is 6.18 Å². The molecule has 0 aliphatic heterocycles. The molecule has 0 amide bonds. The SMILES string of the molecule is Fc1c(C#CCCS)cccc1C(F)(F)F. The monoisotopic (exact) mass is 248 g/mol. The minimum absolute atomic E-state index is 0.239. The van der Waals surface area contributed by atoms with Gasteiger partial charge in [-0.25, -0.2) is 4.39 Å². The summed E-state index contributed by atoms with van der Waals surface area (Å²) in [5, 5.41) is 0. The third kappa shape index (κ3) is 3.17. The fraction of sp³-hybridized carbons (Fsp3) is 0.273. The number of thiol groups is 1. The van der Waals surface area contributed by atoms with E-state index >= 15 is 0 Å². The van der Waals surface area contributed by atoms with Crippen molar-refractivity contribution < 1.29 is 17.6 Å². The molecule has 86 valence electrons. The van der Waals surface area contributed by atoms with Gasteiger partial charge in [-0.1, -0.05) is 17.9 Å². The topological polar surface area (TPSA) is 0 Å². The van der Waals surface area contributed by atoms with E-state index in [0.29, 0.717) is 18.2 Å². The largest absolute Gasteiger partial charge is 0.419 e. The lowest BCUT2D eigenvalue weighted by Gasteiger charge is -2.08. The van der Waals surface area contributed by atoms with Gasteiger partial charge in [0, 0.05) is 12.2 Å². The van der Waals surface area contributed by atoms with Crippen molar-refractivity contribution in [3.8, 4) is 11.8 Å². The molecule has 1 aromatic carbocycles. The van der Waals surface area contributed by atoms with Gasteiger partial charge in [0.25, 0.3) is 0 Å². The van der Waals surface area contributed by atoms with E-state index in [2.05, 4.69) is 24.5 Å². The van der Waals surface area contributed by atoms with Gasteiger partial charge >= 0.3 is 6.18 Å². The van der Waals surface area contributed by atoms with Crippen molar-refractivity contribution in [3.05, 3.63) is 35.1 Å². The van der Waals surface area contributed by atoms with Crippen molar-refractivity contribution in [2.24, 2.45) is 0 Å². The Balaban J connectivity index is 3.11. The number of hydrogen-bond acceptors (Lipinski definition) is 1. The summed E-state index contributed by atoms with van der Waals surface area (Å²) < 4.78 is 50.3. The number of benzene rings is 1. The van der Waals surface area contributed by atoms with Crippen LogP contribution in [0.2, 0.25) is 0 Å². The molecule has 0 N–H and O–H groups in total. The normalized spacial score (nSPS) is 10.8. The van der Waals surface area contributed by atoms with Crippen molar-refractivity contribution in [1.82, 2.24) is 0 Å². The zero-order valence-electron chi connectivity index (χ0n) is 8.11. The van der Waals surface area contributed by atoms with Gasteiger partial charge < -0.3 is 0 Å². The smallest absolute Gasteiger partial charge is 0.205 e. The average Bonchev–Trinajstić information content (AvgIpc) is 2.19. The predicted octanol–water partition coefficient (Wildman–Crippen LogP) is 3.52. The van der Waals surface area contributed by atoms with E-state index in [1.54, 1.807) is 0 Å². The molecule has 0 atom stereocenters. The fourth-order valence-electron chi connectivity index (χ4n) is 1.06. The predicted molar refractivity (Wildman–Crippen MR) is 56.8 cm³/mol. The van der Waals surface area contributed by atoms with Crippen LogP contribution in [-0.4, -0.2) is 5.75 Å². The van der Waals surface area contributed by atoms with Crippen LogP contribution < -0.4 is 0 Å². The molecule has 0 aliphatic carbocycles. The summed E-state index contributed by atoms with van der Waals surface area (Å²) in [6, 6.07) is 3.05. The first kappa shape index (κ1) is 12.9. The van der Waals surface area contributed by atoms with E-state index in [1.807, 2.05) is 0 Å². The summed E-state index contributed by atoms with van der Waals surface area (Å²) in [7, 11) is 0. The highest BCUT2D eigenvalue weighted by Crippen LogP contribution is 2.32. The number of halogens is 4. The molecule has 0 nitrogen and oxygen atoms in total. The van der Waals surface area contributed by atoms with Gasteiger partial charge in [0.05, 0.1) is 11.1 Å². The molecular formula is C11H8F4S. The summed E-state index contributed by atoms with van der Waals surface area (Å²) in [5.41, 5.74) is -1.53. The maximum absolute atomic E-state index is 13.4. The van der Waals surface area contributed by atoms with Gasteiger partial charge in [0.15, 0.2) is 5.82 Å². The summed E-state index contributed by atoms with van der Waals surface area (Å²) in [4.78, 5) is 0. The molecule has 0 unspecified atom stereocenters. The maximum Gasteiger partial charge on any atom is 0.419 e. The van der Waals surface area contributed by atoms with Crippen molar-refractivity contribution in [3.63, 3.8) is 0 Å². The summed E-state index contributed by atoms with van der Waals surface area (Å²) in [6.45, 7) is 0. The quantitative estimate of drug-likeness (QED) is 0.439. The Kier molecular flexibility index (Phi) is 4.25. The van der Waals surface area contributed by atoms with Crippen molar-refractivity contribution in [2.75, 3.05) is 5.75 Å². The maximum atomic E-state index is 13.4. The summed E-state index contributed by atoms with van der Waals surface area (Å²) in [6.07, 6.45) is -4.29. The number of hydrogen-bond donors (Lipinski definition) is 1. The fourth-order valence-corrected chi connectivity index (χ4v) is 1.17. The highest BCUT2D eigenvalue weighted by atomic mass is 32.1. The molecule has 0 radical (unpaired) electrons. The van der Waals surface area contributed by atoms with Gasteiger partial charge in [-0.15, -0.1) is 0 Å². The van der Waals surface area contributed by atoms with Crippen LogP contribution in [0.15, 0.2) is 18.2 Å². The molecule has 1 rings (SSSR count). The highest BCUT2D eigenvalue weighted by Gasteiger charge is 2.34. The van der Waals surface area contributed by atoms with Crippen LogP contribution >= 0.6 is 12.6 Å². The Bertz CT molecular complexity index is 426. The van der Waals surface area contributed by atoms with E-state index in [9.17, 15) is 17.6 Å². The van der Waals surface area contributed by atoms with E-state index in [-0.39, 0.29) is 5.56 Å². The number of rotatable bonds is 1. The third-order valence-electron chi connectivity index (χ3n) is 1.76. The van der Waals surface area contributed by atoms with Crippen molar-refractivity contribution in [2.45, 2.75) is 12.6 Å². The first-order valence-electron chi connectivity index (χ1n) is 4.42. The Labute approximate surface area is 96.1 Å². The second-order valence-electron chi connectivity index (χ2n) is 2.94. The van der Waals surface area contributed by atoms with Gasteiger partial charge in [0.1, 0.15) is 0 Å². The second-order valence-corrected chi connectivity index (χ2v) is 3.39. The second kappa shape index (κ2) is 5.26. The average molecular weight is 248 g/mol. The number of alkyl halides is 3. The Hall–Kier alpha value is -1.15. The Morgan fingerprint density at radius 2 is 1.94 bits per heavy atom. The first-order chi connectivity index (χ1) is 7.46. The molecule has 1 aromatic rings. The van der Waals surface area contributed by atoms with Crippen LogP contribution in [0, 0.1) is 17.7 Å². The lowest BCUT2D eigenvalue weighted by Crippen LogP contribution is -2.08. The molecule has 0 aromatic heterocycles. The molecule has 16 heavy (non-hydrogen) atoms. The van der Waals surface area contributed by atoms with E-state index in [0.717, 1.165) is 6.07 Å². The zero-order chi connectivity index (χ0) is 12.2. The van der Waals surface area contributed by atoms with Crippen LogP contribution in [0.3, 0.4) is 0 Å². The lowest BCUT2D eigenvalue weighted by atomic mass is 10.1. The minimum atomic E-state index is -4.69. The van der Waals surface area contributed by atoms with Crippen LogP contribution in [0.4, 0.5) is 17.6 Å². The van der Waals surface area contributed by atoms with Crippen LogP contribution in [0.1, 0.15) is 17.5 Å². The van der Waals surface area contributed by atoms with E-state index < -0.39 is 17.6 Å². The molecule has 0 saturated carbocycles. The summed E-state index contributed by atoms with van der Waals surface area (Å²) >= 11 is 3.88. The van der Waals surface area contributed by atoms with Crippen molar-refractivity contribution >= 4 is 12.6 Å². The van der Waals surface area contributed by atoms with Crippen molar-refractivity contribution in [1.29, 1.82) is 0 Å². The van der Waals surface area contributed by atoms with E-state index in [4.69, 9.17) is 0 Å². The Morgan fingerprint density at radius 3 is 2.50 bits per heavy atom. The first-order valence-corrected chi connectivity index (χ1v) is 5.05. The van der Waals surface area contributed by atoms with Gasteiger partial charge in [-0.05, 0) is 12.1 Å². The van der Waals surface area contributed by atoms with Crippen LogP contribution in [0.25, 0.3) is 0 Å². The van der Waals surface area contributed by atoms with Gasteiger partial charge in [-0.2, -0.15) is 25.8 Å². The summed E-state index contributed by atoms with van der Waals surface area (Å²) in [5.74, 6) is 4.05. The minimum Gasteiger partial charge on any atom is -0.205 e. The molecule has 0 aliphatic rings. The molecule has 0 bridgehead atoms. The molecule has 0 heterocycles. The third-order valence-corrected chi connectivity index (χ3v) is 1.99. The van der Waals surface area contributed by atoms with E-state index in [1.165, 1.54) is 6.07 Å². The molecule has 0 fully saturated rings. The Morgan fingerprint density at radius 1 is 1.25 bits per heavy atom. The molecular weight excluding hydrogens is 240 g/mol. The molecule has 0 saturated heterocycles. The zero-order valence-corrected chi connectivity index (χ0v) is 9.00. The molecule has 0 spiro atoms. The molecule has 5 heteroatoms. The lowest BCUT2D eigenvalue weighted by molar-refractivity contribution is -0.140.